The van der Waals surface area contributed by atoms with Crippen molar-refractivity contribution in [1.29, 1.82) is 0 Å². The first kappa shape index (κ1) is 76.9. The maximum Gasteiger partial charge on any atom is 0.247 e. The number of hydrogen-bond acceptors (Lipinski definition) is 20. The quantitative estimate of drug-likeness (QED) is 0.0177. The lowest BCUT2D eigenvalue weighted by molar-refractivity contribution is -0.132. The highest BCUT2D eigenvalue weighted by molar-refractivity contribution is 5.81. The summed E-state index contributed by atoms with van der Waals surface area (Å²) >= 11 is 0. The van der Waals surface area contributed by atoms with Crippen LogP contribution in [0.3, 0.4) is 0 Å². The van der Waals surface area contributed by atoms with Gasteiger partial charge in [-0.25, -0.2) is 9.36 Å². The van der Waals surface area contributed by atoms with E-state index in [1.165, 1.54) is 4.68 Å². The third-order valence-corrected chi connectivity index (χ3v) is 17.1. The van der Waals surface area contributed by atoms with Crippen molar-refractivity contribution >= 4 is 47.4 Å². The Bertz CT molecular complexity index is 2600. The molecule has 0 bridgehead atoms. The van der Waals surface area contributed by atoms with Crippen LogP contribution in [0.5, 0.6) is 0 Å². The van der Waals surface area contributed by atoms with Gasteiger partial charge in [0.15, 0.2) is 12.0 Å². The number of ether oxygens (including phenoxy) is 3. The summed E-state index contributed by atoms with van der Waals surface area (Å²) in [6, 6.07) is -1.20. The number of aliphatic imine (C=N–C) groups is 1. The number of carbonyl (C=O) groups is 4. The number of aliphatic hydroxyl groups is 1. The number of aliphatic hydroxyl groups excluding tert-OH is 1. The second kappa shape index (κ2) is 47.1. The fraction of sp³-hybridized carbons (Fsp3) is 0.785. The first-order chi connectivity index (χ1) is 45.4. The summed E-state index contributed by atoms with van der Waals surface area (Å²) in [6.45, 7) is 13.8. The van der Waals surface area contributed by atoms with Gasteiger partial charge in [0.25, 0.3) is 0 Å². The highest BCUT2D eigenvalue weighted by atomic mass is 16.5. The number of nitrogens with zero attached hydrogens (tertiary/aromatic N) is 14. The lowest BCUT2D eigenvalue weighted by atomic mass is 9.98. The van der Waals surface area contributed by atoms with Gasteiger partial charge in [0.2, 0.25) is 41.5 Å². The van der Waals surface area contributed by atoms with Crippen LogP contribution >= 0.6 is 0 Å². The Morgan fingerprint density at radius 2 is 1.08 bits per heavy atom. The zero-order valence-electron chi connectivity index (χ0n) is 56.3. The van der Waals surface area contributed by atoms with Crippen molar-refractivity contribution in [3.05, 3.63) is 23.8 Å². The minimum Gasteiger partial charge on any atom is -0.394 e. The maximum absolute atomic E-state index is 13.4. The zero-order chi connectivity index (χ0) is 66.5. The topological polar surface area (TPSA) is 356 Å². The number of anilines is 3. The van der Waals surface area contributed by atoms with Gasteiger partial charge in [-0.05, 0) is 76.7 Å². The largest absolute Gasteiger partial charge is 0.394 e. The summed E-state index contributed by atoms with van der Waals surface area (Å²) in [5, 5.41) is 36.2. The molecule has 93 heavy (non-hydrogen) atoms. The van der Waals surface area contributed by atoms with Gasteiger partial charge in [0.1, 0.15) is 12.6 Å². The summed E-state index contributed by atoms with van der Waals surface area (Å²) in [5.74, 6) is 4.28. The van der Waals surface area contributed by atoms with Crippen LogP contribution in [0.2, 0.25) is 0 Å². The highest BCUT2D eigenvalue weighted by Crippen LogP contribution is 2.24. The zero-order valence-corrected chi connectivity index (χ0v) is 56.3. The Morgan fingerprint density at radius 1 is 0.602 bits per heavy atom. The van der Waals surface area contributed by atoms with Crippen LogP contribution in [-0.4, -0.2) is 221 Å². The molecule has 10 N–H and O–H groups in total. The van der Waals surface area contributed by atoms with Crippen LogP contribution in [0.1, 0.15) is 191 Å². The van der Waals surface area contributed by atoms with Gasteiger partial charge < -0.3 is 72.1 Å². The van der Waals surface area contributed by atoms with E-state index in [4.69, 9.17) is 52.8 Å². The lowest BCUT2D eigenvalue weighted by Crippen LogP contribution is -2.50. The molecule has 28 nitrogen and oxygen atoms in total. The van der Waals surface area contributed by atoms with Gasteiger partial charge >= 0.3 is 0 Å². The molecule has 0 spiro atoms. The molecule has 0 saturated carbocycles. The van der Waals surface area contributed by atoms with Crippen LogP contribution in [0.25, 0.3) is 0 Å². The molecule has 2 aliphatic rings. The summed E-state index contributed by atoms with van der Waals surface area (Å²) in [7, 11) is 0. The number of hydrogen-bond donors (Lipinski definition) is 7. The molecule has 5 heterocycles. The van der Waals surface area contributed by atoms with Crippen molar-refractivity contribution in [3.8, 4) is 12.3 Å². The average Bonchev–Trinajstić information content (AvgIpc) is 1.91. The van der Waals surface area contributed by atoms with Crippen LogP contribution in [0.15, 0.2) is 17.4 Å². The minimum atomic E-state index is -0.792. The molecule has 2 aliphatic heterocycles. The molecule has 0 radical (unpaired) electrons. The SMILES string of the molecule is C#CCOCCOCCOCCNc1nc(N2CCN(C(=O)CCCCCCCCCCNC(=O)[C@H]([C@@H](C)CC)n3cc(CCCCN=C(N)N)nn3)CC2)nc(N2CCN(C(=O)CCCCCCCCCCNC(=O)[C@H](CO)n3cc(CCCCCN)nn3)CC2)n1. The average molecular weight is 1300 g/mol. The number of terminal acetylenes is 1. The third-order valence-electron chi connectivity index (χ3n) is 17.1. The summed E-state index contributed by atoms with van der Waals surface area (Å²) < 4.78 is 19.8. The fourth-order valence-electron chi connectivity index (χ4n) is 11.3. The van der Waals surface area contributed by atoms with Crippen molar-refractivity contribution in [1.82, 2.24) is 65.4 Å². The Kier molecular flexibility index (Phi) is 39.0. The van der Waals surface area contributed by atoms with Crippen LogP contribution in [0, 0.1) is 18.3 Å². The molecule has 2 saturated heterocycles. The van der Waals surface area contributed by atoms with E-state index in [1.54, 1.807) is 10.9 Å². The minimum absolute atomic E-state index is 0.0174. The summed E-state index contributed by atoms with van der Waals surface area (Å²) in [5.41, 5.74) is 18.1. The molecule has 4 amide bonds. The molecule has 0 unspecified atom stereocenters. The molecule has 28 heteroatoms. The third kappa shape index (κ3) is 30.9. The highest BCUT2D eigenvalue weighted by Gasteiger charge is 2.29. The monoisotopic (exact) mass is 1300 g/mol. The van der Waals surface area contributed by atoms with E-state index >= 15 is 0 Å². The smallest absolute Gasteiger partial charge is 0.247 e. The van der Waals surface area contributed by atoms with Gasteiger partial charge in [-0.2, -0.15) is 15.0 Å². The number of unbranched alkanes of at least 4 members (excludes halogenated alkanes) is 17. The first-order valence-electron chi connectivity index (χ1n) is 34.9. The van der Waals surface area contributed by atoms with Gasteiger partial charge in [-0.1, -0.05) is 120 Å². The van der Waals surface area contributed by atoms with Crippen LogP contribution in [0.4, 0.5) is 17.8 Å². The van der Waals surface area contributed by atoms with E-state index < -0.39 is 12.1 Å². The molecule has 3 atom stereocenters. The number of amides is 4. The summed E-state index contributed by atoms with van der Waals surface area (Å²) in [6.07, 6.45) is 33.4. The van der Waals surface area contributed by atoms with E-state index in [9.17, 15) is 24.3 Å². The molecule has 5 rings (SSSR count). The van der Waals surface area contributed by atoms with Gasteiger partial charge in [-0.3, -0.25) is 24.2 Å². The Hall–Kier alpha value is -6.80. The standard InChI is InChI=1S/C65H114N20O8/c1-4-44-91-46-48-93-49-47-92-45-35-72-63-73-64(82-40-36-80(37-41-82)57(87)29-20-14-10-6-8-12-16-24-32-69-60(89)56(52-86)84-50-54(76-78-84)27-19-18-23-31-66)75-65(74-63)83-42-38-81(39-43-83)58(88)30-21-15-11-7-9-13-17-25-33-70-61(90)59(53(3)5-2)85-51-55(77-79-85)28-22-26-34-71-62(67)68/h1,50-51,53,56,59,86H,5-49,52,66H2,2-3H3,(H,69,89)(H,70,90)(H4,67,68,71)(H,72,73,74,75)/t53-,56-,59-/m0/s1. The lowest BCUT2D eigenvalue weighted by Gasteiger charge is -2.36. The molecule has 0 aromatic carbocycles. The van der Waals surface area contributed by atoms with Crippen molar-refractivity contribution in [2.45, 2.75) is 193 Å². The molecule has 3 aromatic rings. The second-order valence-electron chi connectivity index (χ2n) is 24.4. The number of nitrogens with two attached hydrogens (primary N) is 3. The predicted octanol–water partition coefficient (Wildman–Crippen LogP) is 4.49. The number of piperazine rings is 2. The number of rotatable bonds is 52. The van der Waals surface area contributed by atoms with Crippen molar-refractivity contribution < 1.29 is 38.5 Å². The number of aryl methyl sites for hydroxylation is 2. The molecule has 0 aliphatic carbocycles. The summed E-state index contributed by atoms with van der Waals surface area (Å²) in [4.78, 5) is 79.8. The van der Waals surface area contributed by atoms with Crippen molar-refractivity contribution in [2.24, 2.45) is 28.1 Å². The Labute approximate surface area is 552 Å². The van der Waals surface area contributed by atoms with Crippen molar-refractivity contribution in [2.75, 3.05) is 146 Å². The molecule has 3 aromatic heterocycles. The Balaban J connectivity index is 0.946. The van der Waals surface area contributed by atoms with E-state index in [1.807, 2.05) is 16.0 Å². The van der Waals surface area contributed by atoms with E-state index in [-0.39, 0.29) is 48.7 Å². The Morgan fingerprint density at radius 3 is 1.59 bits per heavy atom. The molecule has 2 fully saturated rings. The molecular formula is C65H114N20O8. The van der Waals surface area contributed by atoms with Gasteiger partial charge in [0, 0.05) is 104 Å². The fourth-order valence-corrected chi connectivity index (χ4v) is 11.3. The molecular weight excluding hydrogens is 1190 g/mol. The van der Waals surface area contributed by atoms with Crippen LogP contribution in [-0.2, 0) is 46.2 Å². The molecule has 522 valence electrons. The second-order valence-corrected chi connectivity index (χ2v) is 24.4. The van der Waals surface area contributed by atoms with Crippen molar-refractivity contribution in [3.63, 3.8) is 0 Å². The number of guanidine groups is 1. The number of carbonyl (C=O) groups excluding carboxylic acids is 4. The maximum atomic E-state index is 13.4. The normalized spacial score (nSPS) is 14.4. The number of aromatic nitrogens is 9. The van der Waals surface area contributed by atoms with Gasteiger partial charge in [0.05, 0.1) is 51.0 Å². The van der Waals surface area contributed by atoms with E-state index in [0.717, 1.165) is 165 Å². The number of nitrogens with one attached hydrogen (secondary N) is 3. The van der Waals surface area contributed by atoms with Crippen LogP contribution < -0.4 is 43.0 Å². The van der Waals surface area contributed by atoms with E-state index in [0.29, 0.717) is 149 Å². The first-order valence-corrected chi connectivity index (χ1v) is 34.9. The van der Waals surface area contributed by atoms with E-state index in [2.05, 4.69) is 71.1 Å². The predicted molar refractivity (Wildman–Crippen MR) is 361 cm³/mol. The van der Waals surface area contributed by atoms with Gasteiger partial charge in [-0.15, -0.1) is 16.6 Å².